The van der Waals surface area contributed by atoms with Crippen molar-refractivity contribution in [2.24, 2.45) is 0 Å². The number of amides is 2. The van der Waals surface area contributed by atoms with Gasteiger partial charge in [-0.05, 0) is 37.9 Å². The monoisotopic (exact) mass is 379 g/mol. The summed E-state index contributed by atoms with van der Waals surface area (Å²) in [6, 6.07) is 7.80. The highest BCUT2D eigenvalue weighted by molar-refractivity contribution is 7.91. The maximum absolute atomic E-state index is 12.3. The van der Waals surface area contributed by atoms with E-state index in [0.29, 0.717) is 12.5 Å². The Morgan fingerprint density at radius 1 is 1.15 bits per heavy atom. The van der Waals surface area contributed by atoms with E-state index in [1.165, 1.54) is 32.1 Å². The number of nitrogens with zero attached hydrogens (tertiary/aromatic N) is 1. The van der Waals surface area contributed by atoms with Crippen molar-refractivity contribution in [3.63, 3.8) is 0 Å². The van der Waals surface area contributed by atoms with Gasteiger partial charge in [-0.2, -0.15) is 0 Å². The van der Waals surface area contributed by atoms with Gasteiger partial charge in [0.2, 0.25) is 0 Å². The average molecular weight is 380 g/mol. The first-order chi connectivity index (χ1) is 12.4. The van der Waals surface area contributed by atoms with Crippen LogP contribution in [0.3, 0.4) is 0 Å². The number of carbonyl (C=O) groups is 1. The van der Waals surface area contributed by atoms with Gasteiger partial charge in [-0.15, -0.1) is 0 Å². The van der Waals surface area contributed by atoms with E-state index in [0.717, 1.165) is 17.8 Å². The van der Waals surface area contributed by atoms with Crippen LogP contribution in [-0.4, -0.2) is 50.0 Å². The number of anilines is 1. The molecule has 0 bridgehead atoms. The van der Waals surface area contributed by atoms with Crippen LogP contribution >= 0.6 is 0 Å². The molecule has 2 fully saturated rings. The second-order valence-electron chi connectivity index (χ2n) is 7.56. The van der Waals surface area contributed by atoms with Crippen molar-refractivity contribution in [2.75, 3.05) is 23.9 Å². The largest absolute Gasteiger partial charge is 0.334 e. The first-order valence-electron chi connectivity index (χ1n) is 9.49. The predicted octanol–water partition coefficient (Wildman–Crippen LogP) is 2.76. The van der Waals surface area contributed by atoms with Crippen molar-refractivity contribution in [3.05, 3.63) is 29.8 Å². The number of benzene rings is 1. The molecule has 0 spiro atoms. The van der Waals surface area contributed by atoms with Gasteiger partial charge in [0.1, 0.15) is 0 Å². The minimum absolute atomic E-state index is 0.0342. The predicted molar refractivity (Wildman–Crippen MR) is 104 cm³/mol. The average Bonchev–Trinajstić information content (AvgIpc) is 2.95. The Balaban J connectivity index is 1.58. The third-order valence-corrected chi connectivity index (χ3v) is 7.22. The van der Waals surface area contributed by atoms with E-state index in [2.05, 4.69) is 22.6 Å². The Bertz CT molecular complexity index is 729. The van der Waals surface area contributed by atoms with Gasteiger partial charge in [-0.25, -0.2) is 13.2 Å². The molecule has 1 aromatic rings. The van der Waals surface area contributed by atoms with Crippen LogP contribution in [0, 0.1) is 0 Å². The van der Waals surface area contributed by atoms with Crippen molar-refractivity contribution in [3.8, 4) is 0 Å². The number of hydrogen-bond acceptors (Lipinski definition) is 4. The molecule has 2 amide bonds. The lowest BCUT2D eigenvalue weighted by atomic mass is 9.94. The summed E-state index contributed by atoms with van der Waals surface area (Å²) in [5, 5.41) is 5.69. The van der Waals surface area contributed by atoms with Crippen molar-refractivity contribution in [2.45, 2.75) is 57.2 Å². The van der Waals surface area contributed by atoms with Crippen LogP contribution in [0.4, 0.5) is 10.5 Å². The molecule has 1 unspecified atom stereocenters. The zero-order valence-electron chi connectivity index (χ0n) is 15.4. The Morgan fingerprint density at radius 2 is 1.88 bits per heavy atom. The quantitative estimate of drug-likeness (QED) is 0.825. The normalized spacial score (nSPS) is 23.1. The Kier molecular flexibility index (Phi) is 6.19. The van der Waals surface area contributed by atoms with Crippen LogP contribution in [0.1, 0.15) is 44.1 Å². The van der Waals surface area contributed by atoms with Gasteiger partial charge in [0.15, 0.2) is 9.84 Å². The molecular weight excluding hydrogens is 350 g/mol. The number of para-hydroxylation sites is 1. The molecule has 7 heteroatoms. The maximum atomic E-state index is 12.3. The summed E-state index contributed by atoms with van der Waals surface area (Å²) in [4.78, 5) is 14.7. The summed E-state index contributed by atoms with van der Waals surface area (Å²) in [6.45, 7) is 0.791. The molecule has 6 nitrogen and oxygen atoms in total. The molecule has 1 saturated carbocycles. The highest BCUT2D eigenvalue weighted by Crippen LogP contribution is 2.25. The van der Waals surface area contributed by atoms with Crippen LogP contribution in [0.15, 0.2) is 24.3 Å². The number of rotatable bonds is 5. The summed E-state index contributed by atoms with van der Waals surface area (Å²) in [5.74, 6) is 0.188. The third-order valence-electron chi connectivity index (χ3n) is 5.45. The van der Waals surface area contributed by atoms with Crippen molar-refractivity contribution in [1.82, 2.24) is 10.2 Å². The van der Waals surface area contributed by atoms with Crippen molar-refractivity contribution in [1.29, 1.82) is 0 Å². The Morgan fingerprint density at radius 3 is 2.58 bits per heavy atom. The lowest BCUT2D eigenvalue weighted by molar-refractivity contribution is 0.185. The number of sulfone groups is 1. The van der Waals surface area contributed by atoms with Crippen LogP contribution < -0.4 is 10.6 Å². The fraction of sp³-hybridized carbons (Fsp3) is 0.632. The molecule has 1 aliphatic carbocycles. The highest BCUT2D eigenvalue weighted by atomic mass is 32.2. The number of urea groups is 1. The first kappa shape index (κ1) is 19.2. The molecule has 1 aromatic carbocycles. The second-order valence-corrected chi connectivity index (χ2v) is 9.79. The Labute approximate surface area is 156 Å². The fourth-order valence-electron chi connectivity index (χ4n) is 3.95. The SMILES string of the molecule is CN(Cc1ccccc1NC(=O)NC1CCS(=O)(=O)C1)C1CCCCC1. The van der Waals surface area contributed by atoms with E-state index in [1.807, 2.05) is 24.3 Å². The third kappa shape index (κ3) is 5.20. The summed E-state index contributed by atoms with van der Waals surface area (Å²) in [6.07, 6.45) is 6.88. The van der Waals surface area contributed by atoms with E-state index < -0.39 is 9.84 Å². The second kappa shape index (κ2) is 8.39. The Hall–Kier alpha value is -1.60. The smallest absolute Gasteiger partial charge is 0.319 e. The molecular formula is C19H29N3O3S. The van der Waals surface area contributed by atoms with E-state index >= 15 is 0 Å². The molecule has 1 saturated heterocycles. The summed E-state index contributed by atoms with van der Waals surface area (Å²) < 4.78 is 23.1. The van der Waals surface area contributed by atoms with Gasteiger partial charge in [0.25, 0.3) is 0 Å². The molecule has 1 aliphatic heterocycles. The standard InChI is InChI=1S/C19H29N3O3S/c1-22(17-8-3-2-4-9-17)13-15-7-5-6-10-18(15)21-19(23)20-16-11-12-26(24,25)14-16/h5-7,10,16-17H,2-4,8-9,11-14H2,1H3,(H2,20,21,23). The van der Waals surface area contributed by atoms with Crippen LogP contribution in [0.2, 0.25) is 0 Å². The number of carbonyl (C=O) groups excluding carboxylic acids is 1. The minimum atomic E-state index is -3.00. The van der Waals surface area contributed by atoms with Crippen LogP contribution in [0.25, 0.3) is 0 Å². The minimum Gasteiger partial charge on any atom is -0.334 e. The van der Waals surface area contributed by atoms with E-state index in [9.17, 15) is 13.2 Å². The molecule has 0 radical (unpaired) electrons. The van der Waals surface area contributed by atoms with E-state index in [-0.39, 0.29) is 23.6 Å². The summed E-state index contributed by atoms with van der Waals surface area (Å²) in [7, 11) is -0.851. The zero-order chi connectivity index (χ0) is 18.6. The fourth-order valence-corrected chi connectivity index (χ4v) is 5.63. The van der Waals surface area contributed by atoms with Crippen molar-refractivity contribution < 1.29 is 13.2 Å². The molecule has 144 valence electrons. The highest BCUT2D eigenvalue weighted by Gasteiger charge is 2.29. The molecule has 0 aromatic heterocycles. The lowest BCUT2D eigenvalue weighted by Gasteiger charge is -2.31. The van der Waals surface area contributed by atoms with Crippen LogP contribution in [-0.2, 0) is 16.4 Å². The lowest BCUT2D eigenvalue weighted by Crippen LogP contribution is -2.39. The van der Waals surface area contributed by atoms with Gasteiger partial charge in [-0.1, -0.05) is 37.5 Å². The molecule has 3 rings (SSSR count). The molecule has 2 aliphatic rings. The zero-order valence-corrected chi connectivity index (χ0v) is 16.2. The summed E-state index contributed by atoms with van der Waals surface area (Å²) >= 11 is 0. The van der Waals surface area contributed by atoms with E-state index in [4.69, 9.17) is 0 Å². The maximum Gasteiger partial charge on any atom is 0.319 e. The first-order valence-corrected chi connectivity index (χ1v) is 11.3. The number of nitrogens with one attached hydrogen (secondary N) is 2. The molecule has 1 heterocycles. The number of hydrogen-bond donors (Lipinski definition) is 2. The molecule has 1 atom stereocenters. The van der Waals surface area contributed by atoms with Gasteiger partial charge in [0.05, 0.1) is 11.5 Å². The van der Waals surface area contributed by atoms with Gasteiger partial charge >= 0.3 is 6.03 Å². The van der Waals surface area contributed by atoms with Gasteiger partial charge < -0.3 is 10.6 Å². The van der Waals surface area contributed by atoms with Crippen molar-refractivity contribution >= 4 is 21.6 Å². The molecule has 2 N–H and O–H groups in total. The van der Waals surface area contributed by atoms with Gasteiger partial charge in [-0.3, -0.25) is 4.90 Å². The van der Waals surface area contributed by atoms with Crippen LogP contribution in [0.5, 0.6) is 0 Å². The topological polar surface area (TPSA) is 78.5 Å². The van der Waals surface area contributed by atoms with Gasteiger partial charge in [0, 0.05) is 24.3 Å². The van der Waals surface area contributed by atoms with E-state index in [1.54, 1.807) is 0 Å². The molecule has 26 heavy (non-hydrogen) atoms. The summed E-state index contributed by atoms with van der Waals surface area (Å²) in [5.41, 5.74) is 1.86.